The van der Waals surface area contributed by atoms with Gasteiger partial charge in [-0.3, -0.25) is 4.90 Å². The second-order valence-electron chi connectivity index (χ2n) is 6.28. The van der Waals surface area contributed by atoms with Crippen LogP contribution in [-0.4, -0.2) is 53.5 Å². The first-order chi connectivity index (χ1) is 8.42. The van der Waals surface area contributed by atoms with Crippen LogP contribution in [0.2, 0.25) is 0 Å². The van der Waals surface area contributed by atoms with E-state index in [-0.39, 0.29) is 24.8 Å². The van der Waals surface area contributed by atoms with E-state index in [9.17, 15) is 9.90 Å². The number of amides is 1. The number of piperidine rings is 1. The molecule has 0 aromatic rings. The van der Waals surface area contributed by atoms with Crippen molar-refractivity contribution in [1.29, 1.82) is 0 Å². The van der Waals surface area contributed by atoms with Gasteiger partial charge in [-0.15, -0.1) is 0 Å². The van der Waals surface area contributed by atoms with E-state index >= 15 is 0 Å². The number of carbonyl (C=O) groups is 1. The summed E-state index contributed by atoms with van der Waals surface area (Å²) in [6.07, 6.45) is 1.67. The van der Waals surface area contributed by atoms with Gasteiger partial charge in [0, 0.05) is 6.54 Å². The van der Waals surface area contributed by atoms with E-state index in [1.54, 1.807) is 4.90 Å². The molecule has 104 valence electrons. The average Bonchev–Trinajstić information content (AvgIpc) is 2.64. The van der Waals surface area contributed by atoms with Gasteiger partial charge in [-0.2, -0.15) is 0 Å². The Morgan fingerprint density at radius 2 is 2.22 bits per heavy atom. The van der Waals surface area contributed by atoms with Crippen LogP contribution < -0.4 is 5.32 Å². The summed E-state index contributed by atoms with van der Waals surface area (Å²) < 4.78 is 5.45. The lowest BCUT2D eigenvalue weighted by atomic mass is 9.92. The summed E-state index contributed by atoms with van der Waals surface area (Å²) >= 11 is 0. The molecule has 2 heterocycles. The van der Waals surface area contributed by atoms with Crippen LogP contribution in [-0.2, 0) is 4.74 Å². The van der Waals surface area contributed by atoms with Gasteiger partial charge in [-0.1, -0.05) is 0 Å². The van der Waals surface area contributed by atoms with Gasteiger partial charge in [0.05, 0.1) is 18.7 Å². The lowest BCUT2D eigenvalue weighted by molar-refractivity contribution is 0.00647. The van der Waals surface area contributed by atoms with E-state index in [0.717, 1.165) is 25.9 Å². The molecule has 0 saturated carbocycles. The molecule has 0 spiro atoms. The number of hydrogen-bond acceptors (Lipinski definition) is 4. The smallest absolute Gasteiger partial charge is 0.410 e. The van der Waals surface area contributed by atoms with Crippen LogP contribution in [0.5, 0.6) is 0 Å². The van der Waals surface area contributed by atoms with Gasteiger partial charge in [-0.05, 0) is 46.1 Å². The van der Waals surface area contributed by atoms with Crippen molar-refractivity contribution in [2.75, 3.05) is 19.7 Å². The molecule has 0 radical (unpaired) electrons. The Bertz CT molecular complexity index is 314. The van der Waals surface area contributed by atoms with Gasteiger partial charge in [0.25, 0.3) is 0 Å². The van der Waals surface area contributed by atoms with Gasteiger partial charge in [0.1, 0.15) is 5.60 Å². The van der Waals surface area contributed by atoms with Crippen molar-refractivity contribution in [3.63, 3.8) is 0 Å². The van der Waals surface area contributed by atoms with E-state index in [0.29, 0.717) is 5.92 Å². The monoisotopic (exact) mass is 256 g/mol. The van der Waals surface area contributed by atoms with Crippen molar-refractivity contribution in [2.45, 2.75) is 51.3 Å². The number of aliphatic hydroxyl groups is 1. The minimum Gasteiger partial charge on any atom is -0.444 e. The summed E-state index contributed by atoms with van der Waals surface area (Å²) in [5.41, 5.74) is -0.489. The van der Waals surface area contributed by atoms with Crippen molar-refractivity contribution < 1.29 is 14.6 Å². The largest absolute Gasteiger partial charge is 0.444 e. The SMILES string of the molecule is CC(C)(C)OC(=O)N1[C@H](CO)C[C@@H]2CCNC[C@H]21. The molecule has 2 aliphatic rings. The molecule has 18 heavy (non-hydrogen) atoms. The molecule has 0 bridgehead atoms. The lowest BCUT2D eigenvalue weighted by Crippen LogP contribution is -2.51. The first kappa shape index (κ1) is 13.6. The van der Waals surface area contributed by atoms with Gasteiger partial charge >= 0.3 is 6.09 Å². The minimum absolute atomic E-state index is 0.0201. The summed E-state index contributed by atoms with van der Waals surface area (Å²) in [6.45, 7) is 7.43. The van der Waals surface area contributed by atoms with E-state index in [1.807, 2.05) is 20.8 Å². The molecule has 0 aromatic carbocycles. The molecular weight excluding hydrogens is 232 g/mol. The molecule has 0 aliphatic carbocycles. The number of hydrogen-bond donors (Lipinski definition) is 2. The van der Waals surface area contributed by atoms with E-state index in [4.69, 9.17) is 4.74 Å². The predicted molar refractivity (Wildman–Crippen MR) is 68.3 cm³/mol. The maximum atomic E-state index is 12.2. The minimum atomic E-state index is -0.489. The lowest BCUT2D eigenvalue weighted by Gasteiger charge is -2.35. The van der Waals surface area contributed by atoms with E-state index in [2.05, 4.69) is 5.32 Å². The normalized spacial score (nSPS) is 32.2. The summed E-state index contributed by atoms with van der Waals surface area (Å²) in [5.74, 6) is 0.496. The number of rotatable bonds is 1. The standard InChI is InChI=1S/C13H24N2O3/c1-13(2,3)18-12(17)15-10(8-16)6-9-4-5-14-7-11(9)15/h9-11,14,16H,4-8H2,1-3H3/t9-,10-,11+/m0/s1. The van der Waals surface area contributed by atoms with Crippen LogP contribution in [0.15, 0.2) is 0 Å². The fourth-order valence-electron chi connectivity index (χ4n) is 2.99. The van der Waals surface area contributed by atoms with Crippen molar-refractivity contribution in [3.8, 4) is 0 Å². The third-order valence-corrected chi connectivity index (χ3v) is 3.73. The zero-order valence-corrected chi connectivity index (χ0v) is 11.5. The van der Waals surface area contributed by atoms with E-state index in [1.165, 1.54) is 0 Å². The molecule has 0 unspecified atom stereocenters. The molecular formula is C13H24N2O3. The molecule has 2 fully saturated rings. The summed E-state index contributed by atoms with van der Waals surface area (Å²) in [4.78, 5) is 14.0. The Morgan fingerprint density at radius 3 is 2.83 bits per heavy atom. The summed E-state index contributed by atoms with van der Waals surface area (Å²) in [5, 5.41) is 12.8. The van der Waals surface area contributed by atoms with Crippen LogP contribution in [0.1, 0.15) is 33.6 Å². The first-order valence-electron chi connectivity index (χ1n) is 6.75. The summed E-state index contributed by atoms with van der Waals surface area (Å²) in [7, 11) is 0. The highest BCUT2D eigenvalue weighted by atomic mass is 16.6. The predicted octanol–water partition coefficient (Wildman–Crippen LogP) is 0.966. The van der Waals surface area contributed by atoms with Crippen LogP contribution in [0.25, 0.3) is 0 Å². The molecule has 5 heteroatoms. The second kappa shape index (κ2) is 5.05. The molecule has 5 nitrogen and oxygen atoms in total. The molecule has 3 atom stereocenters. The fourth-order valence-corrected chi connectivity index (χ4v) is 2.99. The first-order valence-corrected chi connectivity index (χ1v) is 6.75. The highest BCUT2D eigenvalue weighted by molar-refractivity contribution is 5.69. The number of ether oxygens (including phenoxy) is 1. The fraction of sp³-hybridized carbons (Fsp3) is 0.923. The third-order valence-electron chi connectivity index (χ3n) is 3.73. The Morgan fingerprint density at radius 1 is 1.50 bits per heavy atom. The van der Waals surface area contributed by atoms with Crippen molar-refractivity contribution in [2.24, 2.45) is 5.92 Å². The number of aliphatic hydroxyl groups excluding tert-OH is 1. The Balaban J connectivity index is 2.10. The number of fused-ring (bicyclic) bond motifs is 1. The zero-order valence-electron chi connectivity index (χ0n) is 11.5. The molecule has 2 rings (SSSR count). The maximum Gasteiger partial charge on any atom is 0.410 e. The van der Waals surface area contributed by atoms with Gasteiger partial charge in [-0.25, -0.2) is 4.79 Å². The molecule has 2 aliphatic heterocycles. The van der Waals surface area contributed by atoms with Crippen LogP contribution in [0.4, 0.5) is 4.79 Å². The number of carbonyl (C=O) groups excluding carboxylic acids is 1. The molecule has 2 saturated heterocycles. The Hall–Kier alpha value is -0.810. The topological polar surface area (TPSA) is 61.8 Å². The van der Waals surface area contributed by atoms with Crippen LogP contribution in [0, 0.1) is 5.92 Å². The summed E-state index contributed by atoms with van der Waals surface area (Å²) in [6, 6.07) is 0.0838. The zero-order chi connectivity index (χ0) is 13.3. The Kier molecular flexibility index (Phi) is 3.82. The number of nitrogens with zero attached hydrogens (tertiary/aromatic N) is 1. The molecule has 2 N–H and O–H groups in total. The van der Waals surface area contributed by atoms with Gasteiger partial charge < -0.3 is 15.2 Å². The van der Waals surface area contributed by atoms with Gasteiger partial charge in [0.15, 0.2) is 0 Å². The van der Waals surface area contributed by atoms with Crippen molar-refractivity contribution in [3.05, 3.63) is 0 Å². The highest BCUT2D eigenvalue weighted by Crippen LogP contribution is 2.34. The quantitative estimate of drug-likeness (QED) is 0.734. The van der Waals surface area contributed by atoms with Crippen LogP contribution >= 0.6 is 0 Å². The molecule has 0 aromatic heterocycles. The van der Waals surface area contributed by atoms with Crippen molar-refractivity contribution in [1.82, 2.24) is 10.2 Å². The third kappa shape index (κ3) is 2.78. The average molecular weight is 256 g/mol. The van der Waals surface area contributed by atoms with Gasteiger partial charge in [0.2, 0.25) is 0 Å². The van der Waals surface area contributed by atoms with Crippen molar-refractivity contribution >= 4 is 6.09 Å². The number of nitrogens with one attached hydrogen (secondary N) is 1. The van der Waals surface area contributed by atoms with E-state index < -0.39 is 5.60 Å². The Labute approximate surface area is 108 Å². The maximum absolute atomic E-state index is 12.2. The van der Waals surface area contributed by atoms with Crippen LogP contribution in [0.3, 0.4) is 0 Å². The second-order valence-corrected chi connectivity index (χ2v) is 6.28. The molecule has 1 amide bonds. The number of likely N-dealkylation sites (tertiary alicyclic amines) is 1. The highest BCUT2D eigenvalue weighted by Gasteiger charge is 2.45.